The van der Waals surface area contributed by atoms with Crippen LogP contribution in [-0.2, 0) is 16.0 Å². The van der Waals surface area contributed by atoms with Crippen molar-refractivity contribution >= 4 is 16.9 Å². The lowest BCUT2D eigenvalue weighted by atomic mass is 10.2. The van der Waals surface area contributed by atoms with E-state index in [2.05, 4.69) is 0 Å². The molecule has 0 aliphatic heterocycles. The third kappa shape index (κ3) is 2.97. The van der Waals surface area contributed by atoms with Crippen molar-refractivity contribution in [3.8, 4) is 0 Å². The Bertz CT molecular complexity index is 612. The van der Waals surface area contributed by atoms with Crippen LogP contribution in [0.15, 0.2) is 39.5 Å². The first-order chi connectivity index (χ1) is 8.66. The Morgan fingerprint density at radius 3 is 2.89 bits per heavy atom. The molecule has 4 nitrogen and oxygen atoms in total. The molecule has 1 aromatic heterocycles. The van der Waals surface area contributed by atoms with E-state index in [0.717, 1.165) is 0 Å². The van der Waals surface area contributed by atoms with E-state index in [4.69, 9.17) is 9.15 Å². The number of fused-ring (bicyclic) bond motifs is 1. The number of carbonyl (C=O) groups excluding carboxylic acids is 1. The van der Waals surface area contributed by atoms with Crippen LogP contribution in [0.4, 0.5) is 0 Å². The molecule has 0 fully saturated rings. The quantitative estimate of drug-likeness (QED) is 0.613. The molecule has 0 bridgehead atoms. The molecule has 0 aliphatic carbocycles. The van der Waals surface area contributed by atoms with Crippen LogP contribution in [0.5, 0.6) is 0 Å². The standard InChI is InChI=1S/C14H14O4/c1-10(15)17-8-4-5-11-9-13(16)12-6-2-3-7-14(12)18-11/h2-3,6-7,9H,4-5,8H2,1H3. The zero-order valence-corrected chi connectivity index (χ0v) is 10.1. The maximum absolute atomic E-state index is 11.8. The molecule has 94 valence electrons. The van der Waals surface area contributed by atoms with Crippen molar-refractivity contribution < 1.29 is 13.9 Å². The summed E-state index contributed by atoms with van der Waals surface area (Å²) in [6.07, 6.45) is 1.22. The van der Waals surface area contributed by atoms with E-state index in [9.17, 15) is 9.59 Å². The molecule has 0 spiro atoms. The smallest absolute Gasteiger partial charge is 0.302 e. The average Bonchev–Trinajstić information content (AvgIpc) is 2.35. The van der Waals surface area contributed by atoms with Crippen LogP contribution in [0.3, 0.4) is 0 Å². The van der Waals surface area contributed by atoms with Crippen molar-refractivity contribution in [1.29, 1.82) is 0 Å². The van der Waals surface area contributed by atoms with Gasteiger partial charge in [0.15, 0.2) is 5.43 Å². The third-order valence-corrected chi connectivity index (χ3v) is 2.56. The summed E-state index contributed by atoms with van der Waals surface area (Å²) in [7, 11) is 0. The van der Waals surface area contributed by atoms with Gasteiger partial charge in [-0.15, -0.1) is 0 Å². The largest absolute Gasteiger partial charge is 0.466 e. The molecule has 1 aromatic carbocycles. The summed E-state index contributed by atoms with van der Waals surface area (Å²) >= 11 is 0. The predicted octanol–water partition coefficient (Wildman–Crippen LogP) is 2.29. The third-order valence-electron chi connectivity index (χ3n) is 2.56. The van der Waals surface area contributed by atoms with E-state index in [1.54, 1.807) is 18.2 Å². The van der Waals surface area contributed by atoms with Gasteiger partial charge in [0.1, 0.15) is 11.3 Å². The summed E-state index contributed by atoms with van der Waals surface area (Å²) in [5, 5.41) is 0.584. The lowest BCUT2D eigenvalue weighted by Crippen LogP contribution is -2.05. The number of para-hydroxylation sites is 1. The van der Waals surface area contributed by atoms with Crippen LogP contribution >= 0.6 is 0 Å². The van der Waals surface area contributed by atoms with Gasteiger partial charge in [0.2, 0.25) is 0 Å². The molecule has 0 aliphatic rings. The number of esters is 1. The number of hydrogen-bond donors (Lipinski definition) is 0. The van der Waals surface area contributed by atoms with Crippen LogP contribution < -0.4 is 5.43 Å². The molecule has 0 unspecified atom stereocenters. The van der Waals surface area contributed by atoms with E-state index in [1.807, 2.05) is 6.07 Å². The fourth-order valence-electron chi connectivity index (χ4n) is 1.74. The first kappa shape index (κ1) is 12.4. The summed E-state index contributed by atoms with van der Waals surface area (Å²) < 4.78 is 10.4. The highest BCUT2D eigenvalue weighted by molar-refractivity contribution is 5.76. The molecule has 0 saturated heterocycles. The minimum Gasteiger partial charge on any atom is -0.466 e. The van der Waals surface area contributed by atoms with Crippen LogP contribution in [-0.4, -0.2) is 12.6 Å². The van der Waals surface area contributed by atoms with Crippen molar-refractivity contribution in [3.05, 3.63) is 46.3 Å². The van der Waals surface area contributed by atoms with Gasteiger partial charge in [0.25, 0.3) is 0 Å². The monoisotopic (exact) mass is 246 g/mol. The van der Waals surface area contributed by atoms with Crippen LogP contribution in [0.1, 0.15) is 19.1 Å². The van der Waals surface area contributed by atoms with Crippen molar-refractivity contribution in [3.63, 3.8) is 0 Å². The van der Waals surface area contributed by atoms with Crippen LogP contribution in [0.25, 0.3) is 11.0 Å². The summed E-state index contributed by atoms with van der Waals surface area (Å²) in [6, 6.07) is 8.64. The lowest BCUT2D eigenvalue weighted by Gasteiger charge is -2.03. The molecule has 18 heavy (non-hydrogen) atoms. The number of carbonyl (C=O) groups is 1. The number of ether oxygens (including phenoxy) is 1. The van der Waals surface area contributed by atoms with E-state index in [1.165, 1.54) is 13.0 Å². The van der Waals surface area contributed by atoms with Gasteiger partial charge in [0, 0.05) is 19.4 Å². The van der Waals surface area contributed by atoms with Gasteiger partial charge in [-0.3, -0.25) is 9.59 Å². The molecule has 0 radical (unpaired) electrons. The molecule has 0 saturated carbocycles. The fourth-order valence-corrected chi connectivity index (χ4v) is 1.74. The zero-order chi connectivity index (χ0) is 13.0. The molecule has 1 heterocycles. The Balaban J connectivity index is 2.10. The molecule has 2 rings (SSSR count). The number of benzene rings is 1. The first-order valence-corrected chi connectivity index (χ1v) is 5.82. The Hall–Kier alpha value is -2.10. The Kier molecular flexibility index (Phi) is 3.77. The zero-order valence-electron chi connectivity index (χ0n) is 10.1. The molecule has 0 amide bonds. The van der Waals surface area contributed by atoms with Crippen molar-refractivity contribution in [2.75, 3.05) is 6.61 Å². The minimum atomic E-state index is -0.296. The Labute approximate surface area is 104 Å². The molecular weight excluding hydrogens is 232 g/mol. The van der Waals surface area contributed by atoms with Gasteiger partial charge in [0.05, 0.1) is 12.0 Å². The average molecular weight is 246 g/mol. The van der Waals surface area contributed by atoms with Crippen LogP contribution in [0.2, 0.25) is 0 Å². The van der Waals surface area contributed by atoms with E-state index >= 15 is 0 Å². The second-order valence-corrected chi connectivity index (χ2v) is 4.02. The van der Waals surface area contributed by atoms with E-state index < -0.39 is 0 Å². The molecule has 0 atom stereocenters. The summed E-state index contributed by atoms with van der Waals surface area (Å²) in [6.45, 7) is 1.71. The predicted molar refractivity (Wildman–Crippen MR) is 67.4 cm³/mol. The highest BCUT2D eigenvalue weighted by Crippen LogP contribution is 2.12. The van der Waals surface area contributed by atoms with Gasteiger partial charge in [-0.1, -0.05) is 12.1 Å². The van der Waals surface area contributed by atoms with Gasteiger partial charge in [-0.05, 0) is 18.6 Å². The summed E-state index contributed by atoms with van der Waals surface area (Å²) in [5.41, 5.74) is 0.548. The highest BCUT2D eigenvalue weighted by atomic mass is 16.5. The fraction of sp³-hybridized carbons (Fsp3) is 0.286. The SMILES string of the molecule is CC(=O)OCCCc1cc(=O)c2ccccc2o1. The molecule has 0 N–H and O–H groups in total. The highest BCUT2D eigenvalue weighted by Gasteiger charge is 2.04. The summed E-state index contributed by atoms with van der Waals surface area (Å²) in [5.74, 6) is 0.320. The number of aryl methyl sites for hydroxylation is 1. The summed E-state index contributed by atoms with van der Waals surface area (Å²) in [4.78, 5) is 22.4. The first-order valence-electron chi connectivity index (χ1n) is 5.82. The second-order valence-electron chi connectivity index (χ2n) is 4.02. The van der Waals surface area contributed by atoms with Gasteiger partial charge >= 0.3 is 5.97 Å². The Morgan fingerprint density at radius 2 is 2.11 bits per heavy atom. The molecule has 2 aromatic rings. The number of rotatable bonds is 4. The van der Waals surface area contributed by atoms with Crippen molar-refractivity contribution in [2.24, 2.45) is 0 Å². The second kappa shape index (κ2) is 5.49. The van der Waals surface area contributed by atoms with E-state index in [-0.39, 0.29) is 11.4 Å². The Morgan fingerprint density at radius 1 is 1.33 bits per heavy atom. The lowest BCUT2D eigenvalue weighted by molar-refractivity contribution is -0.141. The maximum Gasteiger partial charge on any atom is 0.302 e. The minimum absolute atomic E-state index is 0.0423. The number of hydrogen-bond acceptors (Lipinski definition) is 4. The van der Waals surface area contributed by atoms with Gasteiger partial charge in [-0.2, -0.15) is 0 Å². The van der Waals surface area contributed by atoms with Gasteiger partial charge in [-0.25, -0.2) is 0 Å². The van der Waals surface area contributed by atoms with Crippen molar-refractivity contribution in [2.45, 2.75) is 19.8 Å². The van der Waals surface area contributed by atoms with Crippen molar-refractivity contribution in [1.82, 2.24) is 0 Å². The van der Waals surface area contributed by atoms with Crippen LogP contribution in [0, 0.1) is 0 Å². The molecule has 4 heteroatoms. The van der Waals surface area contributed by atoms with E-state index in [0.29, 0.717) is 36.2 Å². The molecular formula is C14H14O4. The topological polar surface area (TPSA) is 56.5 Å². The van der Waals surface area contributed by atoms with Gasteiger partial charge < -0.3 is 9.15 Å². The normalized spacial score (nSPS) is 10.5. The maximum atomic E-state index is 11.8.